The number of rotatable bonds is 5. The number of hydrogen-bond donors (Lipinski definition) is 1. The molecule has 0 aromatic carbocycles. The zero-order chi connectivity index (χ0) is 12.7. The van der Waals surface area contributed by atoms with E-state index in [4.69, 9.17) is 5.26 Å². The number of amides is 1. The maximum absolute atomic E-state index is 11.1. The molecule has 0 aliphatic carbocycles. The first-order chi connectivity index (χ1) is 8.15. The monoisotopic (exact) mass is 237 g/mol. The number of nitriles is 1. The van der Waals surface area contributed by atoms with Gasteiger partial charge in [-0.05, 0) is 18.8 Å². The molecule has 17 heavy (non-hydrogen) atoms. The predicted octanol–water partition coefficient (Wildman–Crippen LogP) is 1.53. The van der Waals surface area contributed by atoms with Crippen LogP contribution in [-0.4, -0.2) is 36.5 Å². The normalized spacial score (nSPS) is 25.2. The zero-order valence-corrected chi connectivity index (χ0v) is 10.9. The summed E-state index contributed by atoms with van der Waals surface area (Å²) < 4.78 is 0. The van der Waals surface area contributed by atoms with Gasteiger partial charge in [-0.1, -0.05) is 19.8 Å². The Labute approximate surface area is 104 Å². The molecule has 96 valence electrons. The molecule has 1 aliphatic rings. The third-order valence-corrected chi connectivity index (χ3v) is 3.28. The molecule has 2 unspecified atom stereocenters. The number of nitrogens with one attached hydrogen (secondary N) is 1. The van der Waals surface area contributed by atoms with Crippen LogP contribution in [0, 0.1) is 17.2 Å². The lowest BCUT2D eigenvalue weighted by molar-refractivity contribution is -0.120. The lowest BCUT2D eigenvalue weighted by atomic mass is 9.90. The van der Waals surface area contributed by atoms with Gasteiger partial charge in [0.05, 0.1) is 12.6 Å². The van der Waals surface area contributed by atoms with E-state index >= 15 is 0 Å². The van der Waals surface area contributed by atoms with Crippen LogP contribution in [0.1, 0.15) is 39.5 Å². The highest BCUT2D eigenvalue weighted by Gasteiger charge is 2.26. The molecule has 4 nitrogen and oxygen atoms in total. The van der Waals surface area contributed by atoms with Gasteiger partial charge in [-0.25, -0.2) is 0 Å². The number of carbonyl (C=O) groups is 1. The molecule has 1 rings (SSSR count). The second kappa shape index (κ2) is 7.29. The molecule has 0 saturated carbocycles. The number of unbranched alkanes of at least 4 members (excludes halogenated alkanes) is 1. The Morgan fingerprint density at radius 2 is 2.29 bits per heavy atom. The summed E-state index contributed by atoms with van der Waals surface area (Å²) in [5, 5.41) is 11.8. The molecule has 0 aromatic rings. The third-order valence-electron chi connectivity index (χ3n) is 3.28. The number of carbonyl (C=O) groups excluding carboxylic acids is 1. The number of likely N-dealkylation sites (tertiary alicyclic amines) is 1. The van der Waals surface area contributed by atoms with Gasteiger partial charge in [-0.3, -0.25) is 9.69 Å². The van der Waals surface area contributed by atoms with E-state index in [1.165, 1.54) is 19.3 Å². The van der Waals surface area contributed by atoms with E-state index in [9.17, 15) is 4.79 Å². The average molecular weight is 237 g/mol. The molecule has 1 N–H and O–H groups in total. The maximum atomic E-state index is 11.1. The molecule has 1 fully saturated rings. The molecule has 0 aromatic heterocycles. The third kappa shape index (κ3) is 5.18. The van der Waals surface area contributed by atoms with Crippen LogP contribution < -0.4 is 5.32 Å². The van der Waals surface area contributed by atoms with Crippen molar-refractivity contribution in [3.8, 4) is 6.07 Å². The molecule has 0 radical (unpaired) electrons. The Kier molecular flexibility index (Phi) is 5.99. The average Bonchev–Trinajstić information content (AvgIpc) is 2.25. The van der Waals surface area contributed by atoms with Crippen molar-refractivity contribution in [3.63, 3.8) is 0 Å². The minimum absolute atomic E-state index is 0.0306. The van der Waals surface area contributed by atoms with Gasteiger partial charge >= 0.3 is 0 Å². The Balaban J connectivity index is 2.49. The van der Waals surface area contributed by atoms with Crippen LogP contribution in [0.25, 0.3) is 0 Å². The zero-order valence-electron chi connectivity index (χ0n) is 10.9. The largest absolute Gasteiger partial charge is 0.352 e. The number of nitrogens with zero attached hydrogens (tertiary/aromatic N) is 2. The van der Waals surface area contributed by atoms with E-state index < -0.39 is 0 Å². The Bertz CT molecular complexity index is 285. The quantitative estimate of drug-likeness (QED) is 0.738. The fraction of sp³-hybridized carbons (Fsp3) is 0.846. The van der Waals surface area contributed by atoms with Crippen molar-refractivity contribution in [1.29, 1.82) is 5.26 Å². The van der Waals surface area contributed by atoms with Crippen LogP contribution >= 0.6 is 0 Å². The standard InChI is InChI=1S/C13H23N3O/c1-3-4-5-12-8-13(15-11(2)17)10-16(9-12)7-6-14/h12-13H,3-5,7-10H2,1-2H3,(H,15,17). The SMILES string of the molecule is CCCCC1CC(NC(C)=O)CN(CC#N)C1. The smallest absolute Gasteiger partial charge is 0.217 e. The summed E-state index contributed by atoms with van der Waals surface area (Å²) in [4.78, 5) is 13.3. The van der Waals surface area contributed by atoms with Gasteiger partial charge in [0, 0.05) is 26.1 Å². The molecule has 1 amide bonds. The van der Waals surface area contributed by atoms with E-state index in [-0.39, 0.29) is 11.9 Å². The van der Waals surface area contributed by atoms with E-state index in [0.717, 1.165) is 19.5 Å². The van der Waals surface area contributed by atoms with Crippen LogP contribution in [-0.2, 0) is 4.79 Å². The van der Waals surface area contributed by atoms with Gasteiger partial charge in [0.15, 0.2) is 0 Å². The molecule has 1 saturated heterocycles. The molecule has 1 heterocycles. The summed E-state index contributed by atoms with van der Waals surface area (Å²) in [7, 11) is 0. The Morgan fingerprint density at radius 3 is 2.88 bits per heavy atom. The first kappa shape index (κ1) is 14.0. The van der Waals surface area contributed by atoms with Crippen LogP contribution in [0.3, 0.4) is 0 Å². The summed E-state index contributed by atoms with van der Waals surface area (Å²) in [5.41, 5.74) is 0. The second-order valence-electron chi connectivity index (χ2n) is 4.99. The number of piperidine rings is 1. The first-order valence-electron chi connectivity index (χ1n) is 6.52. The summed E-state index contributed by atoms with van der Waals surface area (Å²) in [5.74, 6) is 0.650. The van der Waals surface area contributed by atoms with Crippen molar-refractivity contribution >= 4 is 5.91 Å². The van der Waals surface area contributed by atoms with Gasteiger partial charge in [-0.15, -0.1) is 0 Å². The molecule has 2 atom stereocenters. The number of hydrogen-bond acceptors (Lipinski definition) is 3. The van der Waals surface area contributed by atoms with Crippen molar-refractivity contribution in [1.82, 2.24) is 10.2 Å². The molecular weight excluding hydrogens is 214 g/mol. The van der Waals surface area contributed by atoms with Crippen LogP contribution in [0.5, 0.6) is 0 Å². The first-order valence-corrected chi connectivity index (χ1v) is 6.52. The highest BCUT2D eigenvalue weighted by atomic mass is 16.1. The fourth-order valence-corrected chi connectivity index (χ4v) is 2.63. The summed E-state index contributed by atoms with van der Waals surface area (Å²) in [6.07, 6.45) is 4.70. The van der Waals surface area contributed by atoms with Gasteiger partial charge in [0.2, 0.25) is 5.91 Å². The second-order valence-corrected chi connectivity index (χ2v) is 4.99. The highest BCUT2D eigenvalue weighted by Crippen LogP contribution is 2.21. The van der Waals surface area contributed by atoms with E-state index in [1.54, 1.807) is 6.92 Å². The Morgan fingerprint density at radius 1 is 1.53 bits per heavy atom. The summed E-state index contributed by atoms with van der Waals surface area (Å²) in [6, 6.07) is 2.42. The highest BCUT2D eigenvalue weighted by molar-refractivity contribution is 5.73. The van der Waals surface area contributed by atoms with E-state index in [1.807, 2.05) is 0 Å². The van der Waals surface area contributed by atoms with Crippen molar-refractivity contribution in [2.24, 2.45) is 5.92 Å². The van der Waals surface area contributed by atoms with Crippen molar-refractivity contribution in [3.05, 3.63) is 0 Å². The maximum Gasteiger partial charge on any atom is 0.217 e. The van der Waals surface area contributed by atoms with Crippen LogP contribution in [0.4, 0.5) is 0 Å². The van der Waals surface area contributed by atoms with Crippen molar-refractivity contribution in [2.45, 2.75) is 45.6 Å². The minimum Gasteiger partial charge on any atom is -0.352 e. The lowest BCUT2D eigenvalue weighted by Gasteiger charge is -2.36. The fourth-order valence-electron chi connectivity index (χ4n) is 2.63. The molecule has 1 aliphatic heterocycles. The van der Waals surface area contributed by atoms with Crippen molar-refractivity contribution in [2.75, 3.05) is 19.6 Å². The minimum atomic E-state index is 0.0306. The molecule has 0 spiro atoms. The van der Waals surface area contributed by atoms with Gasteiger partial charge in [0.25, 0.3) is 0 Å². The van der Waals surface area contributed by atoms with Gasteiger partial charge in [0.1, 0.15) is 0 Å². The predicted molar refractivity (Wildman–Crippen MR) is 67.3 cm³/mol. The molecule has 0 bridgehead atoms. The van der Waals surface area contributed by atoms with E-state index in [0.29, 0.717) is 12.5 Å². The topological polar surface area (TPSA) is 56.1 Å². The van der Waals surface area contributed by atoms with Gasteiger partial charge < -0.3 is 5.32 Å². The molecule has 4 heteroatoms. The lowest BCUT2D eigenvalue weighted by Crippen LogP contribution is -2.50. The van der Waals surface area contributed by atoms with Gasteiger partial charge in [-0.2, -0.15) is 5.26 Å². The van der Waals surface area contributed by atoms with E-state index in [2.05, 4.69) is 23.2 Å². The summed E-state index contributed by atoms with van der Waals surface area (Å²) >= 11 is 0. The van der Waals surface area contributed by atoms with Crippen LogP contribution in [0.2, 0.25) is 0 Å². The van der Waals surface area contributed by atoms with Crippen LogP contribution in [0.15, 0.2) is 0 Å². The van der Waals surface area contributed by atoms with Crippen molar-refractivity contribution < 1.29 is 4.79 Å². The Hall–Kier alpha value is -1.08. The summed E-state index contributed by atoms with van der Waals surface area (Å²) in [6.45, 7) is 6.05. The molecular formula is C13H23N3O.